The quantitative estimate of drug-likeness (QED) is 0.744. The largest absolute Gasteiger partial charge is 0.484 e. The van der Waals surface area contributed by atoms with Crippen LogP contribution in [0.5, 0.6) is 5.75 Å². The number of benzene rings is 2. The molecule has 2 aromatic carbocycles. The third-order valence-corrected chi connectivity index (χ3v) is 3.75. The summed E-state index contributed by atoms with van der Waals surface area (Å²) in [5.74, 6) is 0.246. The van der Waals surface area contributed by atoms with Crippen molar-refractivity contribution in [2.75, 3.05) is 6.61 Å². The fourth-order valence-corrected chi connectivity index (χ4v) is 2.45. The van der Waals surface area contributed by atoms with Gasteiger partial charge in [0.1, 0.15) is 11.8 Å². The number of para-hydroxylation sites is 1. The zero-order valence-electron chi connectivity index (χ0n) is 14.3. The Kier molecular flexibility index (Phi) is 5.30. The molecule has 0 saturated carbocycles. The van der Waals surface area contributed by atoms with E-state index in [9.17, 15) is 10.1 Å². The summed E-state index contributed by atoms with van der Waals surface area (Å²) < 4.78 is 7.12. The highest BCUT2D eigenvalue weighted by Crippen LogP contribution is 2.15. The number of nitriles is 1. The number of carbonyl (C=O) groups excluding carboxylic acids is 1. The lowest BCUT2D eigenvalue weighted by molar-refractivity contribution is -0.123. The molecule has 0 unspecified atom stereocenters. The Labute approximate surface area is 151 Å². The van der Waals surface area contributed by atoms with Crippen LogP contribution in [0.1, 0.15) is 17.2 Å². The molecule has 0 bridgehead atoms. The van der Waals surface area contributed by atoms with Gasteiger partial charge in [0.15, 0.2) is 6.61 Å². The number of carbonyl (C=O) groups is 1. The van der Waals surface area contributed by atoms with E-state index in [1.807, 2.05) is 55.5 Å². The van der Waals surface area contributed by atoms with Crippen LogP contribution in [0.15, 0.2) is 67.0 Å². The Bertz CT molecular complexity index is 928. The average molecular weight is 346 g/mol. The molecule has 0 aliphatic rings. The van der Waals surface area contributed by atoms with Gasteiger partial charge < -0.3 is 10.1 Å². The summed E-state index contributed by atoms with van der Waals surface area (Å²) in [6, 6.07) is 18.3. The number of ether oxygens (including phenoxy) is 1. The van der Waals surface area contributed by atoms with Gasteiger partial charge in [-0.15, -0.1) is 0 Å². The molecule has 1 atom stereocenters. The maximum Gasteiger partial charge on any atom is 0.259 e. The Balaban J connectivity index is 1.62. The predicted octanol–water partition coefficient (Wildman–Crippen LogP) is 2.94. The van der Waals surface area contributed by atoms with Crippen LogP contribution in [0.2, 0.25) is 0 Å². The first-order valence-electron chi connectivity index (χ1n) is 8.14. The first kappa shape index (κ1) is 17.2. The van der Waals surface area contributed by atoms with Crippen LogP contribution in [0, 0.1) is 18.3 Å². The highest BCUT2D eigenvalue weighted by molar-refractivity contribution is 5.78. The minimum absolute atomic E-state index is 0.158. The predicted molar refractivity (Wildman–Crippen MR) is 96.7 cm³/mol. The molecule has 26 heavy (non-hydrogen) atoms. The van der Waals surface area contributed by atoms with Crippen LogP contribution >= 0.6 is 0 Å². The number of nitrogens with zero attached hydrogens (tertiary/aromatic N) is 3. The standard InChI is InChI=1S/C20H18N4O2/c1-15-6-5-9-18(10-15)26-14-20(25)23-19(11-21)16-12-22-24(13-16)17-7-3-2-4-8-17/h2-10,12-13,19H,14H2,1H3,(H,23,25)/t19-/m1/s1. The first-order valence-corrected chi connectivity index (χ1v) is 8.14. The third-order valence-electron chi connectivity index (χ3n) is 3.75. The van der Waals surface area contributed by atoms with Crippen molar-refractivity contribution in [3.63, 3.8) is 0 Å². The Morgan fingerprint density at radius 2 is 2.08 bits per heavy atom. The molecular formula is C20H18N4O2. The van der Waals surface area contributed by atoms with Gasteiger partial charge in [-0.25, -0.2) is 4.68 Å². The van der Waals surface area contributed by atoms with Gasteiger partial charge in [0.05, 0.1) is 18.0 Å². The lowest BCUT2D eigenvalue weighted by Gasteiger charge is -2.11. The lowest BCUT2D eigenvalue weighted by Crippen LogP contribution is -2.31. The van der Waals surface area contributed by atoms with E-state index in [4.69, 9.17) is 4.74 Å². The zero-order chi connectivity index (χ0) is 18.4. The minimum atomic E-state index is -0.791. The SMILES string of the molecule is Cc1cccc(OCC(=O)N[C@H](C#N)c2cnn(-c3ccccc3)c2)c1. The molecule has 1 aromatic heterocycles. The van der Waals surface area contributed by atoms with Gasteiger partial charge in [-0.1, -0.05) is 30.3 Å². The highest BCUT2D eigenvalue weighted by atomic mass is 16.5. The summed E-state index contributed by atoms with van der Waals surface area (Å²) in [5.41, 5.74) is 2.54. The van der Waals surface area contributed by atoms with Crippen molar-refractivity contribution >= 4 is 5.91 Å². The van der Waals surface area contributed by atoms with Crippen molar-refractivity contribution in [2.45, 2.75) is 13.0 Å². The summed E-state index contributed by atoms with van der Waals surface area (Å²) in [5, 5.41) is 16.3. The van der Waals surface area contributed by atoms with Gasteiger partial charge in [0.25, 0.3) is 5.91 Å². The molecule has 6 nitrogen and oxygen atoms in total. The molecule has 0 saturated heterocycles. The fourth-order valence-electron chi connectivity index (χ4n) is 2.45. The number of nitrogens with one attached hydrogen (secondary N) is 1. The Morgan fingerprint density at radius 1 is 1.27 bits per heavy atom. The van der Waals surface area contributed by atoms with Crippen molar-refractivity contribution in [2.24, 2.45) is 0 Å². The van der Waals surface area contributed by atoms with Gasteiger partial charge in [-0.2, -0.15) is 10.4 Å². The van der Waals surface area contributed by atoms with Crippen LogP contribution in [0.3, 0.4) is 0 Å². The molecule has 0 spiro atoms. The van der Waals surface area contributed by atoms with Crippen molar-refractivity contribution in [1.29, 1.82) is 5.26 Å². The van der Waals surface area contributed by atoms with Crippen LogP contribution in [0.25, 0.3) is 5.69 Å². The number of rotatable bonds is 6. The lowest BCUT2D eigenvalue weighted by atomic mass is 10.2. The molecule has 0 radical (unpaired) electrons. The van der Waals surface area contributed by atoms with Crippen LogP contribution < -0.4 is 10.1 Å². The van der Waals surface area contributed by atoms with Crippen LogP contribution in [-0.2, 0) is 4.79 Å². The van der Waals surface area contributed by atoms with E-state index in [-0.39, 0.29) is 12.5 Å². The van der Waals surface area contributed by atoms with Gasteiger partial charge in [0, 0.05) is 11.8 Å². The van der Waals surface area contributed by atoms with Gasteiger partial charge in [-0.3, -0.25) is 4.79 Å². The summed E-state index contributed by atoms with van der Waals surface area (Å²) in [4.78, 5) is 12.1. The van der Waals surface area contributed by atoms with Crippen molar-refractivity contribution in [3.8, 4) is 17.5 Å². The van der Waals surface area contributed by atoms with Gasteiger partial charge in [0.2, 0.25) is 0 Å². The molecule has 1 N–H and O–H groups in total. The molecule has 3 rings (SSSR count). The summed E-state index contributed by atoms with van der Waals surface area (Å²) in [6.45, 7) is 1.79. The average Bonchev–Trinajstić information content (AvgIpc) is 3.15. The fraction of sp³-hybridized carbons (Fsp3) is 0.150. The highest BCUT2D eigenvalue weighted by Gasteiger charge is 2.16. The number of amides is 1. The molecule has 1 heterocycles. The van der Waals surface area contributed by atoms with Crippen molar-refractivity contribution in [1.82, 2.24) is 15.1 Å². The molecular weight excluding hydrogens is 328 g/mol. The first-order chi connectivity index (χ1) is 12.7. The monoisotopic (exact) mass is 346 g/mol. The van der Waals surface area contributed by atoms with Crippen molar-refractivity contribution < 1.29 is 9.53 Å². The topological polar surface area (TPSA) is 79.9 Å². The Morgan fingerprint density at radius 3 is 2.81 bits per heavy atom. The van der Waals surface area contributed by atoms with E-state index in [2.05, 4.69) is 16.5 Å². The smallest absolute Gasteiger partial charge is 0.259 e. The third kappa shape index (κ3) is 4.28. The van der Waals surface area contributed by atoms with E-state index < -0.39 is 6.04 Å². The van der Waals surface area contributed by atoms with E-state index >= 15 is 0 Å². The second-order valence-corrected chi connectivity index (χ2v) is 5.79. The summed E-state index contributed by atoms with van der Waals surface area (Å²) >= 11 is 0. The van der Waals surface area contributed by atoms with E-state index in [0.29, 0.717) is 11.3 Å². The van der Waals surface area contributed by atoms with E-state index in [0.717, 1.165) is 11.3 Å². The molecule has 0 fully saturated rings. The minimum Gasteiger partial charge on any atom is -0.484 e. The second kappa shape index (κ2) is 7.99. The molecule has 0 aliphatic carbocycles. The van der Waals surface area contributed by atoms with E-state index in [1.165, 1.54) is 0 Å². The summed E-state index contributed by atoms with van der Waals surface area (Å²) in [7, 11) is 0. The zero-order valence-corrected chi connectivity index (χ0v) is 14.3. The molecule has 0 aliphatic heterocycles. The maximum absolute atomic E-state index is 12.1. The molecule has 6 heteroatoms. The Hall–Kier alpha value is -3.59. The maximum atomic E-state index is 12.1. The van der Waals surface area contributed by atoms with E-state index in [1.54, 1.807) is 23.1 Å². The number of aryl methyl sites for hydroxylation is 1. The van der Waals surface area contributed by atoms with Gasteiger partial charge in [-0.05, 0) is 36.8 Å². The molecule has 3 aromatic rings. The van der Waals surface area contributed by atoms with Crippen LogP contribution in [0.4, 0.5) is 0 Å². The van der Waals surface area contributed by atoms with Crippen molar-refractivity contribution in [3.05, 3.63) is 78.1 Å². The summed E-state index contributed by atoms with van der Waals surface area (Å²) in [6.07, 6.45) is 3.30. The number of hydrogen-bond acceptors (Lipinski definition) is 4. The molecule has 130 valence electrons. The second-order valence-electron chi connectivity index (χ2n) is 5.79. The normalized spacial score (nSPS) is 11.4. The number of hydrogen-bond donors (Lipinski definition) is 1. The van der Waals surface area contributed by atoms with Gasteiger partial charge >= 0.3 is 0 Å². The number of aromatic nitrogens is 2. The van der Waals surface area contributed by atoms with Crippen LogP contribution in [-0.4, -0.2) is 22.3 Å². The molecule has 1 amide bonds.